The first kappa shape index (κ1) is 15.7. The molecule has 0 saturated heterocycles. The van der Waals surface area contributed by atoms with Gasteiger partial charge < -0.3 is 19.5 Å². The summed E-state index contributed by atoms with van der Waals surface area (Å²) < 4.78 is 11.1. The fourth-order valence-electron chi connectivity index (χ4n) is 1.80. The zero-order valence-electron chi connectivity index (χ0n) is 11.6. The molecule has 0 aromatic heterocycles. The molecule has 0 aliphatic heterocycles. The van der Waals surface area contributed by atoms with Crippen LogP contribution in [0.5, 0.6) is 11.5 Å². The van der Waals surface area contributed by atoms with Crippen LogP contribution < -0.4 is 14.9 Å². The highest BCUT2D eigenvalue weighted by Crippen LogP contribution is 2.25. The number of aryl methyl sites for hydroxylation is 1. The normalized spacial score (nSPS) is 10.3. The number of rotatable bonds is 6. The van der Waals surface area contributed by atoms with Crippen molar-refractivity contribution < 1.29 is 19.5 Å². The Morgan fingerprint density at radius 2 is 1.81 bits per heavy atom. The lowest BCUT2D eigenvalue weighted by atomic mass is 9.80. The third-order valence-electron chi connectivity index (χ3n) is 2.85. The van der Waals surface area contributed by atoms with Crippen molar-refractivity contribution in [1.82, 2.24) is 0 Å². The molecule has 0 bridgehead atoms. The van der Waals surface area contributed by atoms with Gasteiger partial charge in [-0.2, -0.15) is 0 Å². The molecule has 110 valence electrons. The van der Waals surface area contributed by atoms with Gasteiger partial charge in [0.1, 0.15) is 24.7 Å². The van der Waals surface area contributed by atoms with Crippen molar-refractivity contribution in [3.8, 4) is 11.5 Å². The molecule has 0 amide bonds. The second kappa shape index (κ2) is 7.36. The predicted octanol–water partition coefficient (Wildman–Crippen LogP) is 1.79. The van der Waals surface area contributed by atoms with Crippen molar-refractivity contribution in [1.29, 1.82) is 0 Å². The zero-order chi connectivity index (χ0) is 15.2. The van der Waals surface area contributed by atoms with E-state index in [1.807, 2.05) is 19.1 Å². The Hall–Kier alpha value is -1.69. The first-order valence-corrected chi connectivity index (χ1v) is 6.92. The van der Waals surface area contributed by atoms with Crippen molar-refractivity contribution >= 4 is 24.2 Å². The predicted molar refractivity (Wildman–Crippen MR) is 83.4 cm³/mol. The molecule has 2 aromatic rings. The van der Waals surface area contributed by atoms with E-state index in [9.17, 15) is 0 Å². The number of hydrogen-bond acceptors (Lipinski definition) is 4. The van der Waals surface area contributed by atoms with Crippen LogP contribution in [-0.2, 0) is 0 Å². The van der Waals surface area contributed by atoms with Crippen molar-refractivity contribution in [3.05, 3.63) is 53.1 Å². The lowest BCUT2D eigenvalue weighted by Crippen LogP contribution is -2.29. The van der Waals surface area contributed by atoms with Crippen LogP contribution in [0, 0.1) is 6.92 Å². The molecule has 2 N–H and O–H groups in total. The highest BCUT2D eigenvalue weighted by molar-refractivity contribution is 6.58. The maximum absolute atomic E-state index is 9.09. The number of halogens is 1. The van der Waals surface area contributed by atoms with Gasteiger partial charge in [-0.05, 0) is 42.2 Å². The summed E-state index contributed by atoms with van der Waals surface area (Å²) in [5, 5.41) is 18.7. The van der Waals surface area contributed by atoms with Gasteiger partial charge in [0.15, 0.2) is 0 Å². The maximum Gasteiger partial charge on any atom is 0.488 e. The monoisotopic (exact) mass is 306 g/mol. The van der Waals surface area contributed by atoms with Crippen LogP contribution in [0.25, 0.3) is 0 Å². The molecule has 6 heteroatoms. The van der Waals surface area contributed by atoms with Crippen LogP contribution in [0.4, 0.5) is 0 Å². The minimum atomic E-state index is -1.50. The fraction of sp³-hybridized carbons (Fsp3) is 0.200. The Morgan fingerprint density at radius 3 is 2.57 bits per heavy atom. The minimum Gasteiger partial charge on any atom is -0.490 e. The summed E-state index contributed by atoms with van der Waals surface area (Å²) in [5.41, 5.74) is 1.45. The first-order valence-electron chi connectivity index (χ1n) is 6.54. The van der Waals surface area contributed by atoms with Crippen LogP contribution in [0.3, 0.4) is 0 Å². The van der Waals surface area contributed by atoms with Gasteiger partial charge in [0.2, 0.25) is 0 Å². The largest absolute Gasteiger partial charge is 0.490 e. The van der Waals surface area contributed by atoms with E-state index >= 15 is 0 Å². The fourth-order valence-corrected chi connectivity index (χ4v) is 1.97. The average molecular weight is 307 g/mol. The smallest absolute Gasteiger partial charge is 0.488 e. The van der Waals surface area contributed by atoms with Gasteiger partial charge in [0.25, 0.3) is 0 Å². The summed E-state index contributed by atoms with van der Waals surface area (Å²) in [5.74, 6) is 1.18. The molecule has 21 heavy (non-hydrogen) atoms. The molecule has 0 aliphatic rings. The molecular weight excluding hydrogens is 290 g/mol. The Balaban J connectivity index is 1.84. The van der Waals surface area contributed by atoms with Gasteiger partial charge >= 0.3 is 7.12 Å². The third kappa shape index (κ3) is 4.67. The number of ether oxygens (including phenoxy) is 2. The summed E-state index contributed by atoms with van der Waals surface area (Å²) in [6.07, 6.45) is 0. The van der Waals surface area contributed by atoms with Crippen LogP contribution in [0.1, 0.15) is 5.56 Å². The highest BCUT2D eigenvalue weighted by atomic mass is 35.5. The Bertz CT molecular complexity index is 604. The molecule has 0 aliphatic carbocycles. The molecule has 0 heterocycles. The molecule has 0 unspecified atom stereocenters. The molecular formula is C15H16BClO4. The van der Waals surface area contributed by atoms with E-state index in [2.05, 4.69) is 0 Å². The summed E-state index contributed by atoms with van der Waals surface area (Å²) >= 11 is 6.03. The Labute approximate surface area is 129 Å². The van der Waals surface area contributed by atoms with Gasteiger partial charge in [-0.1, -0.05) is 29.8 Å². The van der Waals surface area contributed by atoms with Gasteiger partial charge in [0, 0.05) is 0 Å². The van der Waals surface area contributed by atoms with E-state index in [-0.39, 0.29) is 0 Å². The molecule has 2 rings (SSSR count). The molecule has 4 nitrogen and oxygen atoms in total. The van der Waals surface area contributed by atoms with E-state index in [1.54, 1.807) is 30.3 Å². The molecule has 0 saturated carbocycles. The summed E-state index contributed by atoms with van der Waals surface area (Å²) in [6.45, 7) is 2.63. The Kier molecular flexibility index (Phi) is 5.50. The molecule has 0 atom stereocenters. The van der Waals surface area contributed by atoms with Crippen molar-refractivity contribution in [3.63, 3.8) is 0 Å². The molecule has 2 aromatic carbocycles. The van der Waals surface area contributed by atoms with E-state index in [0.29, 0.717) is 35.2 Å². The Morgan fingerprint density at radius 1 is 1.05 bits per heavy atom. The highest BCUT2D eigenvalue weighted by Gasteiger charge is 2.11. The standard InChI is InChI=1S/C15H16BClO4/c1-11-5-6-14(17)15(9-11)21-8-7-20-13-4-2-3-12(10-13)16(18)19/h2-6,9-10,18-19H,7-8H2,1H3. The van der Waals surface area contributed by atoms with E-state index in [0.717, 1.165) is 5.56 Å². The van der Waals surface area contributed by atoms with E-state index in [1.165, 1.54) is 0 Å². The zero-order valence-corrected chi connectivity index (χ0v) is 12.4. The minimum absolute atomic E-state index is 0.329. The SMILES string of the molecule is Cc1ccc(Cl)c(OCCOc2cccc(B(O)O)c2)c1. The number of benzene rings is 2. The van der Waals surface area contributed by atoms with E-state index in [4.69, 9.17) is 31.1 Å². The van der Waals surface area contributed by atoms with Gasteiger partial charge in [-0.25, -0.2) is 0 Å². The second-order valence-electron chi connectivity index (χ2n) is 4.58. The lowest BCUT2D eigenvalue weighted by molar-refractivity contribution is 0.217. The summed E-state index contributed by atoms with van der Waals surface area (Å²) in [6, 6.07) is 12.2. The summed E-state index contributed by atoms with van der Waals surface area (Å²) in [4.78, 5) is 0. The quantitative estimate of drug-likeness (QED) is 0.631. The van der Waals surface area contributed by atoms with Gasteiger partial charge in [-0.15, -0.1) is 0 Å². The van der Waals surface area contributed by atoms with Crippen LogP contribution in [-0.4, -0.2) is 30.4 Å². The average Bonchev–Trinajstić information content (AvgIpc) is 2.47. The van der Waals surface area contributed by atoms with Gasteiger partial charge in [0.05, 0.1) is 5.02 Å². The van der Waals surface area contributed by atoms with Crippen molar-refractivity contribution in [2.24, 2.45) is 0 Å². The second-order valence-corrected chi connectivity index (χ2v) is 4.98. The first-order chi connectivity index (χ1) is 10.1. The van der Waals surface area contributed by atoms with Crippen molar-refractivity contribution in [2.45, 2.75) is 6.92 Å². The van der Waals surface area contributed by atoms with E-state index < -0.39 is 7.12 Å². The van der Waals surface area contributed by atoms with Crippen molar-refractivity contribution in [2.75, 3.05) is 13.2 Å². The lowest BCUT2D eigenvalue weighted by Gasteiger charge is -2.11. The maximum atomic E-state index is 9.09. The number of hydrogen-bond donors (Lipinski definition) is 2. The third-order valence-corrected chi connectivity index (χ3v) is 3.16. The van der Waals surface area contributed by atoms with Crippen LogP contribution in [0.2, 0.25) is 5.02 Å². The topological polar surface area (TPSA) is 58.9 Å². The van der Waals surface area contributed by atoms with Gasteiger partial charge in [-0.3, -0.25) is 0 Å². The molecule has 0 radical (unpaired) electrons. The van der Waals surface area contributed by atoms with Crippen LogP contribution in [0.15, 0.2) is 42.5 Å². The molecule has 0 spiro atoms. The summed E-state index contributed by atoms with van der Waals surface area (Å²) in [7, 11) is -1.50. The molecule has 0 fully saturated rings. The van der Waals surface area contributed by atoms with Crippen LogP contribution >= 0.6 is 11.6 Å².